The van der Waals surface area contributed by atoms with Crippen LogP contribution in [0.4, 0.5) is 0 Å². The first-order valence-corrected chi connectivity index (χ1v) is 7.33. The van der Waals surface area contributed by atoms with E-state index in [2.05, 4.69) is 67.1 Å². The molecule has 0 saturated heterocycles. The summed E-state index contributed by atoms with van der Waals surface area (Å²) in [7, 11) is 0. The number of nitrogens with one attached hydrogen (secondary N) is 1. The fraction of sp³-hybridized carbons (Fsp3) is 0.471. The molecule has 3 heteroatoms. The molecule has 0 bridgehead atoms. The van der Waals surface area contributed by atoms with Gasteiger partial charge in [0.2, 0.25) is 0 Å². The van der Waals surface area contributed by atoms with E-state index in [1.165, 1.54) is 22.4 Å². The summed E-state index contributed by atoms with van der Waals surface area (Å²) in [4.78, 5) is 0. The quantitative estimate of drug-likeness (QED) is 0.902. The third-order valence-electron chi connectivity index (χ3n) is 3.71. The molecule has 1 atom stereocenters. The summed E-state index contributed by atoms with van der Waals surface area (Å²) in [6.45, 7) is 12.5. The van der Waals surface area contributed by atoms with Crippen molar-refractivity contribution in [2.75, 3.05) is 6.54 Å². The Morgan fingerprint density at radius 3 is 2.45 bits per heavy atom. The third-order valence-corrected chi connectivity index (χ3v) is 3.71. The minimum atomic E-state index is 0.304. The zero-order valence-electron chi connectivity index (χ0n) is 13.2. The second-order valence-corrected chi connectivity index (χ2v) is 5.58. The van der Waals surface area contributed by atoms with Crippen molar-refractivity contribution in [1.29, 1.82) is 0 Å². The zero-order chi connectivity index (χ0) is 14.7. The Kier molecular flexibility index (Phi) is 4.61. The monoisotopic (exact) mass is 271 g/mol. The molecule has 3 nitrogen and oxygen atoms in total. The summed E-state index contributed by atoms with van der Waals surface area (Å²) in [5.74, 6) is 0. The summed E-state index contributed by atoms with van der Waals surface area (Å²) in [6.07, 6.45) is 0. The van der Waals surface area contributed by atoms with Crippen LogP contribution in [0.5, 0.6) is 0 Å². The summed E-state index contributed by atoms with van der Waals surface area (Å²) in [5, 5.41) is 8.16. The predicted octanol–water partition coefficient (Wildman–Crippen LogP) is 3.47. The van der Waals surface area contributed by atoms with Crippen molar-refractivity contribution in [2.24, 2.45) is 0 Å². The minimum Gasteiger partial charge on any atom is -0.309 e. The number of benzene rings is 1. The standard InChI is InChI=1S/C17H25N3/c1-6-18-17(11-20-15(5)10-14(4)19-20)16-8-7-12(2)9-13(16)3/h7-10,17-18H,6,11H2,1-5H3. The average Bonchev–Trinajstić information content (AvgIpc) is 2.67. The normalized spacial score (nSPS) is 12.7. The number of hydrogen-bond donors (Lipinski definition) is 1. The molecule has 0 saturated carbocycles. The van der Waals surface area contributed by atoms with Gasteiger partial charge in [0.05, 0.1) is 18.3 Å². The van der Waals surface area contributed by atoms with Crippen LogP contribution in [0.1, 0.15) is 41.0 Å². The van der Waals surface area contributed by atoms with Crippen LogP contribution < -0.4 is 5.32 Å². The fourth-order valence-corrected chi connectivity index (χ4v) is 2.77. The van der Waals surface area contributed by atoms with Gasteiger partial charge in [0.25, 0.3) is 0 Å². The lowest BCUT2D eigenvalue weighted by Gasteiger charge is -2.21. The molecule has 1 heterocycles. The van der Waals surface area contributed by atoms with Gasteiger partial charge in [0.15, 0.2) is 0 Å². The molecule has 0 spiro atoms. The molecular weight excluding hydrogens is 246 g/mol. The Labute approximate surface area is 122 Å². The number of aromatic nitrogens is 2. The molecule has 0 aliphatic heterocycles. The minimum absolute atomic E-state index is 0.304. The topological polar surface area (TPSA) is 29.9 Å². The predicted molar refractivity (Wildman–Crippen MR) is 84.0 cm³/mol. The lowest BCUT2D eigenvalue weighted by atomic mass is 9.99. The van der Waals surface area contributed by atoms with Crippen molar-refractivity contribution in [3.05, 3.63) is 52.3 Å². The summed E-state index contributed by atoms with van der Waals surface area (Å²) in [5.41, 5.74) is 6.32. The SMILES string of the molecule is CCNC(Cn1nc(C)cc1C)c1ccc(C)cc1C. The maximum Gasteiger partial charge on any atom is 0.0607 e. The molecule has 108 valence electrons. The van der Waals surface area contributed by atoms with Crippen molar-refractivity contribution >= 4 is 0 Å². The highest BCUT2D eigenvalue weighted by atomic mass is 15.3. The third kappa shape index (κ3) is 3.28. The average molecular weight is 271 g/mol. The molecule has 0 aliphatic carbocycles. The lowest BCUT2D eigenvalue weighted by molar-refractivity contribution is 0.439. The van der Waals surface area contributed by atoms with E-state index >= 15 is 0 Å². The van der Waals surface area contributed by atoms with E-state index in [4.69, 9.17) is 0 Å². The summed E-state index contributed by atoms with van der Waals surface area (Å²) in [6, 6.07) is 9.11. The highest BCUT2D eigenvalue weighted by molar-refractivity contribution is 5.32. The van der Waals surface area contributed by atoms with Gasteiger partial charge in [-0.3, -0.25) is 4.68 Å². The van der Waals surface area contributed by atoms with Gasteiger partial charge in [-0.1, -0.05) is 30.7 Å². The fourth-order valence-electron chi connectivity index (χ4n) is 2.77. The molecule has 0 aliphatic rings. The van der Waals surface area contributed by atoms with Crippen LogP contribution in [0.25, 0.3) is 0 Å². The first kappa shape index (κ1) is 14.8. The van der Waals surface area contributed by atoms with Crippen LogP contribution in [0.15, 0.2) is 24.3 Å². The smallest absolute Gasteiger partial charge is 0.0607 e. The van der Waals surface area contributed by atoms with E-state index in [1.54, 1.807) is 0 Å². The first-order valence-electron chi connectivity index (χ1n) is 7.33. The van der Waals surface area contributed by atoms with Crippen LogP contribution in [-0.2, 0) is 6.54 Å². The summed E-state index contributed by atoms with van der Waals surface area (Å²) < 4.78 is 2.10. The van der Waals surface area contributed by atoms with E-state index in [0.29, 0.717) is 6.04 Å². The van der Waals surface area contributed by atoms with E-state index in [0.717, 1.165) is 18.8 Å². The molecule has 2 aromatic rings. The second kappa shape index (κ2) is 6.23. The van der Waals surface area contributed by atoms with E-state index in [1.807, 2.05) is 6.92 Å². The molecule has 20 heavy (non-hydrogen) atoms. The van der Waals surface area contributed by atoms with Crippen molar-refractivity contribution in [2.45, 2.75) is 47.2 Å². The van der Waals surface area contributed by atoms with E-state index in [9.17, 15) is 0 Å². The molecule has 1 aromatic heterocycles. The van der Waals surface area contributed by atoms with Crippen LogP contribution in [0.3, 0.4) is 0 Å². The Morgan fingerprint density at radius 2 is 1.90 bits per heavy atom. The maximum absolute atomic E-state index is 4.58. The van der Waals surface area contributed by atoms with Crippen molar-refractivity contribution in [3.8, 4) is 0 Å². The van der Waals surface area contributed by atoms with Crippen LogP contribution >= 0.6 is 0 Å². The van der Waals surface area contributed by atoms with Gasteiger partial charge in [-0.15, -0.1) is 0 Å². The molecule has 1 unspecified atom stereocenters. The van der Waals surface area contributed by atoms with Crippen LogP contribution in [0, 0.1) is 27.7 Å². The highest BCUT2D eigenvalue weighted by Gasteiger charge is 2.15. The summed E-state index contributed by atoms with van der Waals surface area (Å²) >= 11 is 0. The number of nitrogens with zero attached hydrogens (tertiary/aromatic N) is 2. The highest BCUT2D eigenvalue weighted by Crippen LogP contribution is 2.21. The molecule has 1 aromatic carbocycles. The molecule has 2 rings (SSSR count). The van der Waals surface area contributed by atoms with Gasteiger partial charge in [-0.2, -0.15) is 5.10 Å². The Balaban J connectivity index is 2.29. The number of rotatable bonds is 5. The van der Waals surface area contributed by atoms with Crippen molar-refractivity contribution in [1.82, 2.24) is 15.1 Å². The van der Waals surface area contributed by atoms with Gasteiger partial charge < -0.3 is 5.32 Å². The van der Waals surface area contributed by atoms with Crippen LogP contribution in [0.2, 0.25) is 0 Å². The molecule has 1 N–H and O–H groups in total. The molecule has 0 fully saturated rings. The molecular formula is C17H25N3. The Bertz CT molecular complexity index is 584. The lowest BCUT2D eigenvalue weighted by Crippen LogP contribution is -2.27. The first-order chi connectivity index (χ1) is 9.51. The van der Waals surface area contributed by atoms with Crippen molar-refractivity contribution < 1.29 is 0 Å². The van der Waals surface area contributed by atoms with E-state index in [-0.39, 0.29) is 0 Å². The largest absolute Gasteiger partial charge is 0.309 e. The van der Waals surface area contributed by atoms with Gasteiger partial charge in [0, 0.05) is 5.69 Å². The Morgan fingerprint density at radius 1 is 1.15 bits per heavy atom. The number of aryl methyl sites for hydroxylation is 4. The van der Waals surface area contributed by atoms with Gasteiger partial charge in [0.1, 0.15) is 0 Å². The van der Waals surface area contributed by atoms with Gasteiger partial charge >= 0.3 is 0 Å². The zero-order valence-corrected chi connectivity index (χ0v) is 13.2. The number of hydrogen-bond acceptors (Lipinski definition) is 2. The van der Waals surface area contributed by atoms with Gasteiger partial charge in [-0.25, -0.2) is 0 Å². The van der Waals surface area contributed by atoms with Gasteiger partial charge in [-0.05, 0) is 51.4 Å². The number of likely N-dealkylation sites (N-methyl/N-ethyl adjacent to an activating group) is 1. The second-order valence-electron chi connectivity index (χ2n) is 5.58. The Hall–Kier alpha value is -1.61. The van der Waals surface area contributed by atoms with Crippen LogP contribution in [-0.4, -0.2) is 16.3 Å². The van der Waals surface area contributed by atoms with Crippen molar-refractivity contribution in [3.63, 3.8) is 0 Å². The maximum atomic E-state index is 4.58. The van der Waals surface area contributed by atoms with E-state index < -0.39 is 0 Å². The molecule has 0 radical (unpaired) electrons. The molecule has 0 amide bonds.